The van der Waals surface area contributed by atoms with Gasteiger partial charge in [0.15, 0.2) is 5.78 Å². The fourth-order valence-electron chi connectivity index (χ4n) is 14.3. The molecule has 1 amide bonds. The van der Waals surface area contributed by atoms with Gasteiger partial charge in [0.2, 0.25) is 5.91 Å². The van der Waals surface area contributed by atoms with Gasteiger partial charge in [0, 0.05) is 30.7 Å². The summed E-state index contributed by atoms with van der Waals surface area (Å²) >= 11 is 0. The highest BCUT2D eigenvalue weighted by Crippen LogP contribution is 2.64. The maximum Gasteiger partial charge on any atom is 0.243 e. The monoisotopic (exact) mass is 1050 g/mol. The van der Waals surface area contributed by atoms with Crippen molar-refractivity contribution < 1.29 is 39.9 Å². The zero-order chi connectivity index (χ0) is 54.3. The third kappa shape index (κ3) is 12.9. The minimum absolute atomic E-state index is 0.0155. The average Bonchev–Trinajstić information content (AvgIpc) is 3.76. The molecule has 6 aliphatic rings. The van der Waals surface area contributed by atoms with E-state index < -0.39 is 47.5 Å². The van der Waals surface area contributed by atoms with E-state index in [4.69, 9.17) is 10.5 Å². The van der Waals surface area contributed by atoms with Crippen molar-refractivity contribution in [2.75, 3.05) is 19.8 Å². The molecule has 0 saturated heterocycles. The summed E-state index contributed by atoms with van der Waals surface area (Å²) in [7, 11) is 0. The van der Waals surface area contributed by atoms with E-state index in [9.17, 15) is 30.3 Å². The Kier molecular flexibility index (Phi) is 18.4. The molecule has 3 aromatic carbocycles. The lowest BCUT2D eigenvalue weighted by atomic mass is 9.51. The van der Waals surface area contributed by atoms with Gasteiger partial charge in [0.1, 0.15) is 24.6 Å². The normalized spacial score (nSPS) is 34.3. The lowest BCUT2D eigenvalue weighted by Gasteiger charge is -2.56. The quantitative estimate of drug-likeness (QED) is 0.0922. The first-order valence-electron chi connectivity index (χ1n) is 28.6. The molecule has 3 aromatic rings. The molecule has 3 aliphatic heterocycles. The summed E-state index contributed by atoms with van der Waals surface area (Å²) in [6.07, 6.45) is 16.0. The molecule has 3 saturated carbocycles. The standard InChI is InChI=1S/C66H83N3O8/c1-42-13-7-8-34-77-41-49(22-10-16-43(2)15-9-14-42)53-31-33-66(62(53)74)56-29-28-52(71)38-46-18-11-17-45(35-46)37-50(36-44-24-26-51(70)27-25-44)58(73)40-68-61-60-48(21-12-23-55(60)63(67)69-64(61)75)39-57(72)59(47-19-5-4-6-20-47)54(56)30-32-65(66,3)76/h10-12,14,16-18,21-27,35,47,50,52-53,56,58,61-63,68,70-71,73-74,76H,2,4-6,9,13,15,19-20,28-34,36-41,67H2,1,3H3,(H,69,75)/b16-10+,42-14+,49-22-,59-54+/t50-,52-,53+,56+,58+,61+,62+,63-,65+,66+/m0/s1. The van der Waals surface area contributed by atoms with Crippen molar-refractivity contribution in [2.45, 2.75) is 166 Å². The largest absolute Gasteiger partial charge is 0.508 e. The predicted octanol–water partition coefficient (Wildman–Crippen LogP) is 9.37. The van der Waals surface area contributed by atoms with Crippen LogP contribution in [0.25, 0.3) is 0 Å². The van der Waals surface area contributed by atoms with Crippen LogP contribution in [0, 0.1) is 40.9 Å². The average molecular weight is 1050 g/mol. The van der Waals surface area contributed by atoms with Gasteiger partial charge >= 0.3 is 0 Å². The van der Waals surface area contributed by atoms with Crippen LogP contribution in [0.15, 0.2) is 125 Å². The Morgan fingerprint density at radius 2 is 1.66 bits per heavy atom. The smallest absolute Gasteiger partial charge is 0.243 e. The van der Waals surface area contributed by atoms with Gasteiger partial charge in [-0.3, -0.25) is 14.9 Å². The fourth-order valence-corrected chi connectivity index (χ4v) is 14.3. The van der Waals surface area contributed by atoms with Crippen LogP contribution in [-0.4, -0.2) is 80.9 Å². The third-order valence-corrected chi connectivity index (χ3v) is 18.4. The number of rotatable bonds is 4. The number of phenolic OH excluding ortho intramolecular Hbond substituents is 1. The first-order valence-corrected chi connectivity index (χ1v) is 28.6. The molecule has 3 aliphatic carbocycles. The van der Waals surface area contributed by atoms with Crippen LogP contribution in [0.1, 0.15) is 149 Å². The highest BCUT2D eigenvalue weighted by molar-refractivity contribution is 5.99. The van der Waals surface area contributed by atoms with Gasteiger partial charge in [-0.2, -0.15) is 0 Å². The van der Waals surface area contributed by atoms with Crippen molar-refractivity contribution in [2.24, 2.45) is 34.8 Å². The summed E-state index contributed by atoms with van der Waals surface area (Å²) in [6, 6.07) is 20.0. The van der Waals surface area contributed by atoms with Crippen LogP contribution < -0.4 is 16.4 Å². The number of benzene rings is 3. The third-order valence-electron chi connectivity index (χ3n) is 18.4. The number of β-amino-alcohol motifs (C(OH)–C–C–N with tert-alkyl or cyclic N) is 1. The molecule has 11 heteroatoms. The molecule has 2 bridgehead atoms. The predicted molar refractivity (Wildman–Crippen MR) is 302 cm³/mol. The molecule has 410 valence electrons. The van der Waals surface area contributed by atoms with Gasteiger partial charge in [-0.1, -0.05) is 133 Å². The number of aromatic hydroxyl groups is 1. The minimum Gasteiger partial charge on any atom is -0.508 e. The van der Waals surface area contributed by atoms with E-state index in [-0.39, 0.29) is 61.4 Å². The van der Waals surface area contributed by atoms with Crippen molar-refractivity contribution in [1.29, 1.82) is 0 Å². The molecule has 77 heavy (non-hydrogen) atoms. The molecule has 1 spiro atoms. The van der Waals surface area contributed by atoms with Crippen LogP contribution >= 0.6 is 0 Å². The lowest BCUT2D eigenvalue weighted by molar-refractivity contribution is -0.168. The maximum absolute atomic E-state index is 15.9. The maximum atomic E-state index is 15.9. The summed E-state index contributed by atoms with van der Waals surface area (Å²) in [4.78, 5) is 30.1. The van der Waals surface area contributed by atoms with E-state index in [1.807, 2.05) is 67.6 Å². The number of ketones is 1. The number of aliphatic hydroxyl groups excluding tert-OH is 3. The number of phenols is 1. The Bertz CT molecular complexity index is 2810. The molecule has 0 aromatic heterocycles. The number of Topliss-reactive ketones (excluding diaryl/α,β-unsaturated/α-hetero) is 1. The van der Waals surface area contributed by atoms with Crippen molar-refractivity contribution in [3.05, 3.63) is 159 Å². The Morgan fingerprint density at radius 1 is 0.896 bits per heavy atom. The summed E-state index contributed by atoms with van der Waals surface area (Å²) < 4.78 is 6.26. The summed E-state index contributed by atoms with van der Waals surface area (Å²) in [5.74, 6) is 5.07. The van der Waals surface area contributed by atoms with Crippen LogP contribution in [0.2, 0.25) is 0 Å². The first-order chi connectivity index (χ1) is 37.1. The number of amides is 1. The molecule has 3 fully saturated rings. The second-order valence-corrected chi connectivity index (χ2v) is 23.6. The van der Waals surface area contributed by atoms with E-state index in [2.05, 4.69) is 54.2 Å². The number of hydrogen-bond acceptors (Lipinski definition) is 10. The fraction of sp³-hybridized carbons (Fsp3) is 0.515. The Morgan fingerprint density at radius 3 is 2.45 bits per heavy atom. The number of carbonyl (C=O) groups excluding carboxylic acids is 2. The molecule has 10 atom stereocenters. The van der Waals surface area contributed by atoms with Crippen molar-refractivity contribution in [3.8, 4) is 17.6 Å². The van der Waals surface area contributed by atoms with E-state index >= 15 is 4.79 Å². The van der Waals surface area contributed by atoms with Crippen LogP contribution in [-0.2, 0) is 40.0 Å². The van der Waals surface area contributed by atoms with E-state index in [1.165, 1.54) is 5.57 Å². The molecule has 9 rings (SSSR count). The number of fused-ring (bicyclic) bond motifs is 4. The van der Waals surface area contributed by atoms with E-state index in [0.717, 1.165) is 83.9 Å². The van der Waals surface area contributed by atoms with Gasteiger partial charge in [-0.25, -0.2) is 0 Å². The van der Waals surface area contributed by atoms with Gasteiger partial charge in [-0.05, 0) is 172 Å². The molecule has 11 nitrogen and oxygen atoms in total. The Labute approximate surface area is 456 Å². The zero-order valence-electron chi connectivity index (χ0n) is 45.5. The van der Waals surface area contributed by atoms with Gasteiger partial charge in [0.25, 0.3) is 0 Å². The first kappa shape index (κ1) is 56.3. The number of ether oxygens (including phenoxy) is 1. The Hall–Kier alpha value is -5.42. The zero-order valence-corrected chi connectivity index (χ0v) is 45.5. The number of hydrogen-bond donors (Lipinski definition) is 8. The summed E-state index contributed by atoms with van der Waals surface area (Å²) in [5.41, 5.74) is 14.1. The van der Waals surface area contributed by atoms with Crippen molar-refractivity contribution in [3.63, 3.8) is 0 Å². The van der Waals surface area contributed by atoms with E-state index in [1.54, 1.807) is 12.1 Å². The number of aliphatic hydroxyl groups is 4. The molecular weight excluding hydrogens is 963 g/mol. The topological polar surface area (TPSA) is 195 Å². The van der Waals surface area contributed by atoms with Gasteiger partial charge in [-0.15, -0.1) is 0 Å². The van der Waals surface area contributed by atoms with Crippen molar-refractivity contribution >= 4 is 11.7 Å². The second-order valence-electron chi connectivity index (χ2n) is 23.6. The van der Waals surface area contributed by atoms with Crippen LogP contribution in [0.3, 0.4) is 0 Å². The van der Waals surface area contributed by atoms with Crippen molar-refractivity contribution in [1.82, 2.24) is 10.6 Å². The summed E-state index contributed by atoms with van der Waals surface area (Å²) in [5, 5.41) is 67.4. The van der Waals surface area contributed by atoms with Gasteiger partial charge < -0.3 is 41.3 Å². The second kappa shape index (κ2) is 25.1. The lowest BCUT2D eigenvalue weighted by Crippen LogP contribution is -2.59. The Balaban J connectivity index is 1.15. The number of nitrogens with one attached hydrogen (secondary N) is 2. The molecule has 0 radical (unpaired) electrons. The summed E-state index contributed by atoms with van der Waals surface area (Å²) in [6.45, 7) is 8.87. The highest BCUT2D eigenvalue weighted by Gasteiger charge is 2.64. The molecule has 9 N–H and O–H groups in total. The SMILES string of the molecule is C=C1/C=C/C=C(\[C@H]2CC[C@@]3([C@@H]4CC[C@H](O)Cc5cccc(c5)C[C@H](Cc5ccc(O)cc5)[C@H](O)CN[C@H]5C(=O)N[C@H](N)c6cccc(c65)CC(=O)/C(C5CCCCC5)=C/4CC[C@@]3(C)O)[C@@H]2O)COCC#CC/C(C)=C/CC1. The van der Waals surface area contributed by atoms with Gasteiger partial charge in [0.05, 0.1) is 30.5 Å². The minimum atomic E-state index is -1.33. The molecular formula is C66H83N3O8. The number of carbonyl (C=O) groups is 2. The van der Waals surface area contributed by atoms with Crippen LogP contribution in [0.5, 0.6) is 5.75 Å². The molecule has 0 unspecified atom stereocenters. The van der Waals surface area contributed by atoms with E-state index in [0.29, 0.717) is 80.9 Å². The highest BCUT2D eigenvalue weighted by atomic mass is 16.5. The van der Waals surface area contributed by atoms with Crippen LogP contribution in [0.4, 0.5) is 0 Å². The number of nitrogens with two attached hydrogens (primary N) is 1. The number of allylic oxidation sites excluding steroid dienone is 8. The molecule has 3 heterocycles.